The number of hydrogen-bond acceptors (Lipinski definition) is 3. The van der Waals surface area contributed by atoms with Gasteiger partial charge in [-0.05, 0) is 12.0 Å². The summed E-state index contributed by atoms with van der Waals surface area (Å²) in [7, 11) is -3.39. The molecule has 17 heavy (non-hydrogen) atoms. The summed E-state index contributed by atoms with van der Waals surface area (Å²) in [5.74, 6) is -0.141. The van der Waals surface area contributed by atoms with E-state index in [4.69, 9.17) is 5.11 Å². The third-order valence-electron chi connectivity index (χ3n) is 2.23. The molecular weight excluding hydrogens is 238 g/mol. The number of aliphatic hydroxyl groups is 1. The van der Waals surface area contributed by atoms with Crippen LogP contribution in [0.4, 0.5) is 0 Å². The maximum absolute atomic E-state index is 11.5. The molecule has 1 rings (SSSR count). The predicted molar refractivity (Wildman–Crippen MR) is 68.1 cm³/mol. The second kappa shape index (κ2) is 6.54. The van der Waals surface area contributed by atoms with Gasteiger partial charge in [0.15, 0.2) is 0 Å². The van der Waals surface area contributed by atoms with Gasteiger partial charge in [-0.3, -0.25) is 0 Å². The zero-order chi connectivity index (χ0) is 12.7. The number of aliphatic hydroxyl groups excluding tert-OH is 1. The molecule has 0 heterocycles. The van der Waals surface area contributed by atoms with Crippen LogP contribution in [0, 0.1) is 0 Å². The van der Waals surface area contributed by atoms with E-state index >= 15 is 0 Å². The van der Waals surface area contributed by atoms with Gasteiger partial charge < -0.3 is 5.11 Å². The zero-order valence-electron chi connectivity index (χ0n) is 9.54. The lowest BCUT2D eigenvalue weighted by Crippen LogP contribution is -2.39. The average Bonchev–Trinajstić information content (AvgIpc) is 2.29. The van der Waals surface area contributed by atoms with Crippen molar-refractivity contribution in [3.8, 4) is 0 Å². The fraction of sp³-hybridized carbons (Fsp3) is 0.333. The number of rotatable bonds is 7. The maximum Gasteiger partial charge on any atom is 0.215 e. The SMILES string of the molecule is C=CCS(=O)(=O)N[C@@H](CO)Cc1ccccc1. The highest BCUT2D eigenvalue weighted by Crippen LogP contribution is 2.04. The molecule has 0 saturated heterocycles. The number of hydrogen-bond donors (Lipinski definition) is 2. The second-order valence-electron chi connectivity index (χ2n) is 3.76. The first-order valence-corrected chi connectivity index (χ1v) is 6.98. The molecule has 0 radical (unpaired) electrons. The van der Waals surface area contributed by atoms with E-state index in [9.17, 15) is 8.42 Å². The van der Waals surface area contributed by atoms with Gasteiger partial charge in [-0.15, -0.1) is 6.58 Å². The number of benzene rings is 1. The smallest absolute Gasteiger partial charge is 0.215 e. The fourth-order valence-corrected chi connectivity index (χ4v) is 2.57. The van der Waals surface area contributed by atoms with Crippen molar-refractivity contribution in [2.45, 2.75) is 12.5 Å². The summed E-state index contributed by atoms with van der Waals surface area (Å²) >= 11 is 0. The molecule has 0 bridgehead atoms. The summed E-state index contributed by atoms with van der Waals surface area (Å²) in [6, 6.07) is 8.93. The van der Waals surface area contributed by atoms with Crippen molar-refractivity contribution in [1.29, 1.82) is 0 Å². The molecule has 4 nitrogen and oxygen atoms in total. The highest BCUT2D eigenvalue weighted by atomic mass is 32.2. The van der Waals surface area contributed by atoms with Crippen LogP contribution < -0.4 is 4.72 Å². The fourth-order valence-electron chi connectivity index (χ4n) is 1.50. The van der Waals surface area contributed by atoms with E-state index in [0.29, 0.717) is 6.42 Å². The van der Waals surface area contributed by atoms with Crippen LogP contribution in [0.5, 0.6) is 0 Å². The van der Waals surface area contributed by atoms with E-state index in [1.165, 1.54) is 6.08 Å². The van der Waals surface area contributed by atoms with Gasteiger partial charge in [0.1, 0.15) is 0 Å². The third kappa shape index (κ3) is 5.12. The predicted octanol–water partition coefficient (Wildman–Crippen LogP) is 0.695. The van der Waals surface area contributed by atoms with E-state index in [1.54, 1.807) is 0 Å². The molecule has 1 atom stereocenters. The van der Waals surface area contributed by atoms with Crippen molar-refractivity contribution in [2.75, 3.05) is 12.4 Å². The molecular formula is C12H17NO3S. The average molecular weight is 255 g/mol. The van der Waals surface area contributed by atoms with Crippen molar-refractivity contribution in [3.05, 3.63) is 48.6 Å². The molecule has 0 aliphatic rings. The Kier molecular flexibility index (Phi) is 5.34. The summed E-state index contributed by atoms with van der Waals surface area (Å²) in [6.07, 6.45) is 1.78. The lowest BCUT2D eigenvalue weighted by molar-refractivity contribution is 0.256. The van der Waals surface area contributed by atoms with Crippen LogP contribution in [0.25, 0.3) is 0 Å². The largest absolute Gasteiger partial charge is 0.395 e. The number of sulfonamides is 1. The third-order valence-corrected chi connectivity index (χ3v) is 3.60. The van der Waals surface area contributed by atoms with Gasteiger partial charge in [0.2, 0.25) is 10.0 Å². The quantitative estimate of drug-likeness (QED) is 0.705. The molecule has 94 valence electrons. The molecule has 0 aliphatic carbocycles. The van der Waals surface area contributed by atoms with Gasteiger partial charge in [0.25, 0.3) is 0 Å². The van der Waals surface area contributed by atoms with Crippen LogP contribution in [0.3, 0.4) is 0 Å². The van der Waals surface area contributed by atoms with Crippen LogP contribution in [0.2, 0.25) is 0 Å². The van der Waals surface area contributed by atoms with E-state index in [1.807, 2.05) is 30.3 Å². The lowest BCUT2D eigenvalue weighted by Gasteiger charge is -2.15. The Morgan fingerprint density at radius 1 is 1.35 bits per heavy atom. The minimum atomic E-state index is -3.39. The van der Waals surface area contributed by atoms with Crippen LogP contribution >= 0.6 is 0 Å². The monoisotopic (exact) mass is 255 g/mol. The Morgan fingerprint density at radius 2 is 2.00 bits per heavy atom. The van der Waals surface area contributed by atoms with Gasteiger partial charge in [-0.1, -0.05) is 36.4 Å². The van der Waals surface area contributed by atoms with Crippen molar-refractivity contribution >= 4 is 10.0 Å². The molecule has 0 unspecified atom stereocenters. The highest BCUT2D eigenvalue weighted by Gasteiger charge is 2.16. The van der Waals surface area contributed by atoms with Gasteiger partial charge in [-0.2, -0.15) is 0 Å². The highest BCUT2D eigenvalue weighted by molar-refractivity contribution is 7.89. The minimum absolute atomic E-state index is 0.141. The zero-order valence-corrected chi connectivity index (χ0v) is 10.4. The number of nitrogens with one attached hydrogen (secondary N) is 1. The molecule has 0 amide bonds. The lowest BCUT2D eigenvalue weighted by atomic mass is 10.1. The second-order valence-corrected chi connectivity index (χ2v) is 5.56. The summed E-state index contributed by atoms with van der Waals surface area (Å²) < 4.78 is 25.4. The van der Waals surface area contributed by atoms with Crippen molar-refractivity contribution in [3.63, 3.8) is 0 Å². The molecule has 0 fully saturated rings. The first-order chi connectivity index (χ1) is 8.07. The Hall–Kier alpha value is -1.17. The Bertz CT molecular complexity index is 442. The van der Waals surface area contributed by atoms with E-state index in [-0.39, 0.29) is 12.4 Å². The van der Waals surface area contributed by atoms with Gasteiger partial charge in [0.05, 0.1) is 12.4 Å². The van der Waals surface area contributed by atoms with Crippen molar-refractivity contribution < 1.29 is 13.5 Å². The van der Waals surface area contributed by atoms with Crippen LogP contribution in [-0.4, -0.2) is 31.9 Å². The molecule has 1 aromatic carbocycles. The van der Waals surface area contributed by atoms with Crippen LogP contribution in [0.1, 0.15) is 5.56 Å². The van der Waals surface area contributed by atoms with Gasteiger partial charge >= 0.3 is 0 Å². The minimum Gasteiger partial charge on any atom is -0.395 e. The molecule has 0 spiro atoms. The Labute approximate surface area is 102 Å². The standard InChI is InChI=1S/C12H17NO3S/c1-2-8-17(15,16)13-12(10-14)9-11-6-4-3-5-7-11/h2-7,12-14H,1,8-10H2/t12-/m1/s1. The van der Waals surface area contributed by atoms with Gasteiger partial charge in [-0.25, -0.2) is 13.1 Å². The normalized spacial score (nSPS) is 13.2. The van der Waals surface area contributed by atoms with E-state index < -0.39 is 16.1 Å². The summed E-state index contributed by atoms with van der Waals surface area (Å²) in [6.45, 7) is 3.15. The van der Waals surface area contributed by atoms with Crippen molar-refractivity contribution in [2.24, 2.45) is 0 Å². The summed E-state index contributed by atoms with van der Waals surface area (Å²) in [5, 5.41) is 9.17. The van der Waals surface area contributed by atoms with E-state index in [0.717, 1.165) is 5.56 Å². The summed E-state index contributed by atoms with van der Waals surface area (Å²) in [5.41, 5.74) is 0.979. The Morgan fingerprint density at radius 3 is 2.53 bits per heavy atom. The van der Waals surface area contributed by atoms with Crippen LogP contribution in [-0.2, 0) is 16.4 Å². The molecule has 1 aromatic rings. The first-order valence-electron chi connectivity index (χ1n) is 5.33. The van der Waals surface area contributed by atoms with E-state index in [2.05, 4.69) is 11.3 Å². The molecule has 5 heteroatoms. The van der Waals surface area contributed by atoms with Crippen LogP contribution in [0.15, 0.2) is 43.0 Å². The first kappa shape index (κ1) is 13.9. The molecule has 0 saturated carbocycles. The molecule has 2 N–H and O–H groups in total. The Balaban J connectivity index is 2.64. The topological polar surface area (TPSA) is 66.4 Å². The molecule has 0 aliphatic heterocycles. The summed E-state index contributed by atoms with van der Waals surface area (Å²) in [4.78, 5) is 0. The van der Waals surface area contributed by atoms with Gasteiger partial charge in [0, 0.05) is 6.04 Å². The van der Waals surface area contributed by atoms with Crippen molar-refractivity contribution in [1.82, 2.24) is 4.72 Å². The maximum atomic E-state index is 11.5. The molecule has 0 aromatic heterocycles.